The predicted octanol–water partition coefficient (Wildman–Crippen LogP) is 3.04. The van der Waals surface area contributed by atoms with E-state index in [1.807, 2.05) is 0 Å². The molecule has 80 valence electrons. The second kappa shape index (κ2) is 4.75. The third kappa shape index (κ3) is 2.57. The van der Waals surface area contributed by atoms with Gasteiger partial charge in [0.05, 0.1) is 0 Å². The number of benzene rings is 1. The van der Waals surface area contributed by atoms with E-state index in [0.717, 1.165) is 11.3 Å². The van der Waals surface area contributed by atoms with Crippen molar-refractivity contribution in [3.05, 3.63) is 41.5 Å². The summed E-state index contributed by atoms with van der Waals surface area (Å²) in [5.74, 6) is 1.64. The number of rotatable bonds is 4. The molecule has 0 unspecified atom stereocenters. The van der Waals surface area contributed by atoms with Crippen LogP contribution in [0.5, 0.6) is 5.75 Å². The molecule has 1 aliphatic carbocycles. The first-order valence-electron chi connectivity index (χ1n) is 5.31. The van der Waals surface area contributed by atoms with Gasteiger partial charge >= 0.3 is 0 Å². The Bertz CT molecular complexity index is 371. The summed E-state index contributed by atoms with van der Waals surface area (Å²) in [6.45, 7) is 4.43. The normalized spacial score (nSPS) is 13.7. The topological polar surface area (TPSA) is 9.23 Å². The second-order valence-corrected chi connectivity index (χ2v) is 4.30. The lowest BCUT2D eigenvalue weighted by molar-refractivity contribution is 0.353. The monoisotopic (exact) mass is 220 g/mol. The summed E-state index contributed by atoms with van der Waals surface area (Å²) in [7, 11) is 0. The van der Waals surface area contributed by atoms with Crippen molar-refractivity contribution in [1.29, 1.82) is 0 Å². The molecule has 2 heteroatoms. The van der Waals surface area contributed by atoms with Gasteiger partial charge in [-0.15, -0.1) is 0 Å². The van der Waals surface area contributed by atoms with Crippen LogP contribution in [0.25, 0.3) is 0 Å². The molecule has 0 amide bonds. The first-order valence-corrected chi connectivity index (χ1v) is 5.95. The quantitative estimate of drug-likeness (QED) is 0.606. The minimum Gasteiger partial charge on any atom is -0.489 e. The van der Waals surface area contributed by atoms with Gasteiger partial charge in [-0.05, 0) is 48.1 Å². The first kappa shape index (κ1) is 10.6. The molecule has 0 spiro atoms. The zero-order chi connectivity index (χ0) is 10.7. The van der Waals surface area contributed by atoms with Crippen LogP contribution in [0.15, 0.2) is 30.4 Å². The molecule has 15 heavy (non-hydrogen) atoms. The fraction of sp³-hybridized carbons (Fsp3) is 0.385. The van der Waals surface area contributed by atoms with Crippen molar-refractivity contribution < 1.29 is 4.74 Å². The molecule has 1 aromatic rings. The smallest absolute Gasteiger partial charge is 0.120 e. The van der Waals surface area contributed by atoms with Crippen LogP contribution in [-0.2, 0) is 12.8 Å². The minimum absolute atomic E-state index is 0.572. The van der Waals surface area contributed by atoms with Crippen LogP contribution < -0.4 is 4.74 Å². The highest BCUT2D eigenvalue weighted by molar-refractivity contribution is 7.80. The van der Waals surface area contributed by atoms with Gasteiger partial charge in [-0.2, -0.15) is 12.6 Å². The lowest BCUT2D eigenvalue weighted by Gasteiger charge is -2.08. The number of fused-ring (bicyclic) bond motifs is 1. The molecule has 0 bridgehead atoms. The molecule has 1 aromatic carbocycles. The van der Waals surface area contributed by atoms with E-state index in [0.29, 0.717) is 12.4 Å². The molecule has 0 atom stereocenters. The molecule has 0 heterocycles. The molecule has 0 saturated carbocycles. The standard InChI is InChI=1S/C13H16OS/c1-10(9-15)8-14-13-6-5-11-3-2-4-12(11)7-13/h5-7,15H,1-4,8-9H2. The Morgan fingerprint density at radius 2 is 2.13 bits per heavy atom. The van der Waals surface area contributed by atoms with Crippen LogP contribution in [0.3, 0.4) is 0 Å². The summed E-state index contributed by atoms with van der Waals surface area (Å²) in [5.41, 5.74) is 3.94. The maximum Gasteiger partial charge on any atom is 0.120 e. The van der Waals surface area contributed by atoms with Crippen LogP contribution in [0, 0.1) is 0 Å². The maximum atomic E-state index is 5.64. The third-order valence-electron chi connectivity index (χ3n) is 2.74. The fourth-order valence-electron chi connectivity index (χ4n) is 1.87. The number of hydrogen-bond acceptors (Lipinski definition) is 2. The van der Waals surface area contributed by atoms with Gasteiger partial charge in [0.1, 0.15) is 12.4 Å². The Morgan fingerprint density at radius 1 is 1.33 bits per heavy atom. The minimum atomic E-state index is 0.572. The summed E-state index contributed by atoms with van der Waals surface area (Å²) >= 11 is 4.15. The van der Waals surface area contributed by atoms with E-state index in [-0.39, 0.29) is 0 Å². The molecular formula is C13H16OS. The lowest BCUT2D eigenvalue weighted by atomic mass is 10.1. The maximum absolute atomic E-state index is 5.64. The zero-order valence-corrected chi connectivity index (χ0v) is 9.72. The van der Waals surface area contributed by atoms with E-state index < -0.39 is 0 Å². The van der Waals surface area contributed by atoms with Gasteiger partial charge in [0.25, 0.3) is 0 Å². The molecule has 0 fully saturated rings. The van der Waals surface area contributed by atoms with Crippen molar-refractivity contribution in [3.8, 4) is 5.75 Å². The van der Waals surface area contributed by atoms with Gasteiger partial charge < -0.3 is 4.74 Å². The van der Waals surface area contributed by atoms with Crippen molar-refractivity contribution >= 4 is 12.6 Å². The average Bonchev–Trinajstić information content (AvgIpc) is 2.72. The Kier molecular flexibility index (Phi) is 3.37. The fourth-order valence-corrected chi connectivity index (χ4v) is 1.96. The summed E-state index contributed by atoms with van der Waals surface area (Å²) < 4.78 is 5.64. The van der Waals surface area contributed by atoms with Crippen LogP contribution in [-0.4, -0.2) is 12.4 Å². The van der Waals surface area contributed by atoms with Gasteiger partial charge in [0, 0.05) is 5.75 Å². The molecule has 1 nitrogen and oxygen atoms in total. The number of ether oxygens (including phenoxy) is 1. The Morgan fingerprint density at radius 3 is 2.93 bits per heavy atom. The molecule has 0 N–H and O–H groups in total. The van der Waals surface area contributed by atoms with E-state index in [1.54, 1.807) is 0 Å². The van der Waals surface area contributed by atoms with E-state index in [4.69, 9.17) is 4.74 Å². The summed E-state index contributed by atoms with van der Waals surface area (Å²) in [6, 6.07) is 6.39. The molecule has 0 aliphatic heterocycles. The van der Waals surface area contributed by atoms with Crippen LogP contribution >= 0.6 is 12.6 Å². The van der Waals surface area contributed by atoms with Gasteiger partial charge in [-0.3, -0.25) is 0 Å². The molecule has 0 radical (unpaired) electrons. The molecule has 2 rings (SSSR count). The molecule has 1 aliphatic rings. The lowest BCUT2D eigenvalue weighted by Crippen LogP contribution is -2.01. The highest BCUT2D eigenvalue weighted by Crippen LogP contribution is 2.26. The summed E-state index contributed by atoms with van der Waals surface area (Å²) in [5, 5.41) is 0. The predicted molar refractivity (Wildman–Crippen MR) is 67.0 cm³/mol. The van der Waals surface area contributed by atoms with E-state index in [9.17, 15) is 0 Å². The highest BCUT2D eigenvalue weighted by atomic mass is 32.1. The van der Waals surface area contributed by atoms with E-state index in [2.05, 4.69) is 37.4 Å². The van der Waals surface area contributed by atoms with Gasteiger partial charge in [-0.1, -0.05) is 12.6 Å². The Labute approximate surface area is 96.6 Å². The SMILES string of the molecule is C=C(CS)COc1ccc2c(c1)CCC2. The van der Waals surface area contributed by atoms with Crippen molar-refractivity contribution in [3.63, 3.8) is 0 Å². The van der Waals surface area contributed by atoms with Crippen molar-refractivity contribution in [1.82, 2.24) is 0 Å². The molecule has 0 aromatic heterocycles. The number of thiol groups is 1. The zero-order valence-electron chi connectivity index (χ0n) is 8.83. The largest absolute Gasteiger partial charge is 0.489 e. The summed E-state index contributed by atoms with van der Waals surface area (Å²) in [4.78, 5) is 0. The van der Waals surface area contributed by atoms with Crippen molar-refractivity contribution in [2.75, 3.05) is 12.4 Å². The Balaban J connectivity index is 2.01. The van der Waals surface area contributed by atoms with E-state index >= 15 is 0 Å². The van der Waals surface area contributed by atoms with E-state index in [1.165, 1.54) is 30.4 Å². The van der Waals surface area contributed by atoms with Gasteiger partial charge in [0.15, 0.2) is 0 Å². The third-order valence-corrected chi connectivity index (χ3v) is 3.18. The molecular weight excluding hydrogens is 204 g/mol. The van der Waals surface area contributed by atoms with Gasteiger partial charge in [0.2, 0.25) is 0 Å². The van der Waals surface area contributed by atoms with Crippen molar-refractivity contribution in [2.45, 2.75) is 19.3 Å². The first-order chi connectivity index (χ1) is 7.29. The molecule has 0 saturated heterocycles. The van der Waals surface area contributed by atoms with Crippen LogP contribution in [0.2, 0.25) is 0 Å². The number of aryl methyl sites for hydroxylation is 2. The van der Waals surface area contributed by atoms with Crippen molar-refractivity contribution in [2.24, 2.45) is 0 Å². The summed E-state index contributed by atoms with van der Waals surface area (Å²) in [6.07, 6.45) is 3.70. The second-order valence-electron chi connectivity index (χ2n) is 3.98. The Hall–Kier alpha value is -0.890. The highest BCUT2D eigenvalue weighted by Gasteiger charge is 2.10. The van der Waals surface area contributed by atoms with Crippen LogP contribution in [0.1, 0.15) is 17.5 Å². The number of hydrogen-bond donors (Lipinski definition) is 1. The average molecular weight is 220 g/mol. The van der Waals surface area contributed by atoms with Crippen LogP contribution in [0.4, 0.5) is 0 Å². The van der Waals surface area contributed by atoms with Gasteiger partial charge in [-0.25, -0.2) is 0 Å².